The van der Waals surface area contributed by atoms with Gasteiger partial charge in [-0.25, -0.2) is 0 Å². The molecule has 3 unspecified atom stereocenters. The van der Waals surface area contributed by atoms with Crippen LogP contribution < -0.4 is 5.73 Å². The molecule has 0 aliphatic carbocycles. The van der Waals surface area contributed by atoms with Crippen LogP contribution in [0.2, 0.25) is 0 Å². The molecular formula is C13H27N3O3S. The van der Waals surface area contributed by atoms with Gasteiger partial charge in [0.05, 0.1) is 12.7 Å². The second-order valence-electron chi connectivity index (χ2n) is 6.79. The number of piperidine rings is 1. The van der Waals surface area contributed by atoms with Gasteiger partial charge in [-0.2, -0.15) is 17.0 Å². The van der Waals surface area contributed by atoms with Crippen LogP contribution in [-0.2, 0) is 14.9 Å². The van der Waals surface area contributed by atoms with Crippen LogP contribution in [0.1, 0.15) is 34.1 Å². The van der Waals surface area contributed by atoms with E-state index in [1.54, 1.807) is 8.61 Å². The van der Waals surface area contributed by atoms with E-state index in [1.807, 2.05) is 27.7 Å². The Balaban J connectivity index is 2.18. The van der Waals surface area contributed by atoms with Crippen molar-refractivity contribution in [1.29, 1.82) is 0 Å². The van der Waals surface area contributed by atoms with E-state index >= 15 is 0 Å². The number of hydrogen-bond donors (Lipinski definition) is 1. The average Bonchev–Trinajstić information content (AvgIpc) is 2.35. The second-order valence-corrected chi connectivity index (χ2v) is 8.67. The molecule has 2 N–H and O–H groups in total. The summed E-state index contributed by atoms with van der Waals surface area (Å²) < 4.78 is 34.4. The molecule has 118 valence electrons. The van der Waals surface area contributed by atoms with E-state index in [0.29, 0.717) is 32.7 Å². The van der Waals surface area contributed by atoms with Gasteiger partial charge in [0.25, 0.3) is 10.2 Å². The van der Waals surface area contributed by atoms with E-state index in [2.05, 4.69) is 0 Å². The number of morpholine rings is 1. The Morgan fingerprint density at radius 3 is 2.55 bits per heavy atom. The van der Waals surface area contributed by atoms with Crippen LogP contribution in [0.25, 0.3) is 0 Å². The molecule has 2 saturated heterocycles. The molecule has 20 heavy (non-hydrogen) atoms. The van der Waals surface area contributed by atoms with E-state index in [4.69, 9.17) is 10.5 Å². The maximum Gasteiger partial charge on any atom is 0.282 e. The summed E-state index contributed by atoms with van der Waals surface area (Å²) in [7, 11) is -3.43. The number of nitrogens with two attached hydrogens (primary N) is 1. The van der Waals surface area contributed by atoms with E-state index in [-0.39, 0.29) is 23.6 Å². The third-order valence-corrected chi connectivity index (χ3v) is 6.52. The van der Waals surface area contributed by atoms with E-state index < -0.39 is 10.2 Å². The fraction of sp³-hybridized carbons (Fsp3) is 1.00. The van der Waals surface area contributed by atoms with Gasteiger partial charge in [0.2, 0.25) is 0 Å². The Hall–Kier alpha value is -0.210. The molecule has 2 rings (SSSR count). The first-order valence-corrected chi connectivity index (χ1v) is 8.68. The normalized spacial score (nSPS) is 37.0. The summed E-state index contributed by atoms with van der Waals surface area (Å²) in [6.45, 7) is 9.73. The summed E-state index contributed by atoms with van der Waals surface area (Å²) in [6.07, 6.45) is 0.654. The molecule has 3 atom stereocenters. The van der Waals surface area contributed by atoms with Gasteiger partial charge in [0.15, 0.2) is 0 Å². The fourth-order valence-corrected chi connectivity index (χ4v) is 4.91. The minimum Gasteiger partial charge on any atom is -0.375 e. The first-order chi connectivity index (χ1) is 9.14. The lowest BCUT2D eigenvalue weighted by Gasteiger charge is -2.45. The van der Waals surface area contributed by atoms with E-state index in [0.717, 1.165) is 0 Å². The molecule has 0 aromatic heterocycles. The number of rotatable bonds is 2. The Morgan fingerprint density at radius 2 is 1.95 bits per heavy atom. The maximum atomic E-state index is 12.8. The van der Waals surface area contributed by atoms with Crippen molar-refractivity contribution in [2.24, 2.45) is 11.1 Å². The minimum atomic E-state index is -3.43. The van der Waals surface area contributed by atoms with Crippen LogP contribution in [0.5, 0.6) is 0 Å². The van der Waals surface area contributed by atoms with Crippen molar-refractivity contribution in [3.05, 3.63) is 0 Å². The molecule has 0 aromatic carbocycles. The largest absolute Gasteiger partial charge is 0.375 e. The fourth-order valence-electron chi connectivity index (χ4n) is 2.86. The Labute approximate surface area is 122 Å². The Morgan fingerprint density at radius 1 is 1.30 bits per heavy atom. The highest BCUT2D eigenvalue weighted by atomic mass is 32.2. The SMILES string of the molecule is CC1CN(S(=O)(=O)N2CCC(N)C(C)(C)C2)C(C)CO1. The van der Waals surface area contributed by atoms with Crippen molar-refractivity contribution >= 4 is 10.2 Å². The van der Waals surface area contributed by atoms with Crippen molar-refractivity contribution in [2.45, 2.75) is 52.3 Å². The molecule has 2 aliphatic rings. The van der Waals surface area contributed by atoms with Crippen LogP contribution in [0.15, 0.2) is 0 Å². The van der Waals surface area contributed by atoms with Crippen LogP contribution >= 0.6 is 0 Å². The molecule has 2 heterocycles. The van der Waals surface area contributed by atoms with Gasteiger partial charge >= 0.3 is 0 Å². The highest BCUT2D eigenvalue weighted by molar-refractivity contribution is 7.86. The van der Waals surface area contributed by atoms with Crippen LogP contribution in [-0.4, -0.2) is 61.5 Å². The quantitative estimate of drug-likeness (QED) is 0.801. The Bertz CT molecular complexity index is 452. The third kappa shape index (κ3) is 3.01. The molecule has 7 heteroatoms. The minimum absolute atomic E-state index is 0.0509. The smallest absolute Gasteiger partial charge is 0.282 e. The molecule has 0 bridgehead atoms. The summed E-state index contributed by atoms with van der Waals surface area (Å²) in [5.74, 6) is 0. The van der Waals surface area contributed by atoms with Gasteiger partial charge in [-0.3, -0.25) is 0 Å². The zero-order chi connectivity index (χ0) is 15.1. The molecule has 0 saturated carbocycles. The molecule has 6 nitrogen and oxygen atoms in total. The molecule has 0 amide bonds. The van der Waals surface area contributed by atoms with E-state index in [1.165, 1.54) is 0 Å². The highest BCUT2D eigenvalue weighted by Gasteiger charge is 2.43. The molecule has 2 aliphatic heterocycles. The standard InChI is InChI=1S/C13H27N3O3S/c1-10-8-19-11(2)7-16(10)20(17,18)15-6-5-12(14)13(3,4)9-15/h10-12H,5-9,14H2,1-4H3. The van der Waals surface area contributed by atoms with Crippen molar-refractivity contribution in [2.75, 3.05) is 26.2 Å². The molecule has 0 aromatic rings. The van der Waals surface area contributed by atoms with Crippen LogP contribution in [0.4, 0.5) is 0 Å². The summed E-state index contributed by atoms with van der Waals surface area (Å²) >= 11 is 0. The van der Waals surface area contributed by atoms with Gasteiger partial charge in [0, 0.05) is 31.7 Å². The van der Waals surface area contributed by atoms with Crippen molar-refractivity contribution < 1.29 is 13.2 Å². The van der Waals surface area contributed by atoms with Gasteiger partial charge in [-0.15, -0.1) is 0 Å². The average molecular weight is 305 g/mol. The lowest BCUT2D eigenvalue weighted by molar-refractivity contribution is -0.0201. The molecule has 0 spiro atoms. The van der Waals surface area contributed by atoms with Crippen molar-refractivity contribution in [3.63, 3.8) is 0 Å². The monoisotopic (exact) mass is 305 g/mol. The number of nitrogens with zero attached hydrogens (tertiary/aromatic N) is 2. The van der Waals surface area contributed by atoms with Crippen molar-refractivity contribution in [3.8, 4) is 0 Å². The highest BCUT2D eigenvalue weighted by Crippen LogP contribution is 2.31. The second kappa shape index (κ2) is 5.53. The zero-order valence-corrected chi connectivity index (χ0v) is 13.7. The van der Waals surface area contributed by atoms with Gasteiger partial charge < -0.3 is 10.5 Å². The first-order valence-electron chi connectivity index (χ1n) is 7.28. The molecular weight excluding hydrogens is 278 g/mol. The summed E-state index contributed by atoms with van der Waals surface area (Å²) in [6, 6.07) is -0.0649. The lowest BCUT2D eigenvalue weighted by Crippen LogP contribution is -2.60. The van der Waals surface area contributed by atoms with Gasteiger partial charge in [-0.1, -0.05) is 13.8 Å². The maximum absolute atomic E-state index is 12.8. The third-order valence-electron chi connectivity index (χ3n) is 4.45. The van der Waals surface area contributed by atoms with Crippen LogP contribution in [0.3, 0.4) is 0 Å². The lowest BCUT2D eigenvalue weighted by atomic mass is 9.81. The van der Waals surface area contributed by atoms with E-state index in [9.17, 15) is 8.42 Å². The predicted molar refractivity (Wildman–Crippen MR) is 78.4 cm³/mol. The first kappa shape index (κ1) is 16.2. The van der Waals surface area contributed by atoms with Gasteiger partial charge in [-0.05, 0) is 25.7 Å². The van der Waals surface area contributed by atoms with Crippen molar-refractivity contribution in [1.82, 2.24) is 8.61 Å². The number of ether oxygens (including phenoxy) is 1. The predicted octanol–water partition coefficient (Wildman–Crippen LogP) is 0.400. The summed E-state index contributed by atoms with van der Waals surface area (Å²) in [5, 5.41) is 0. The molecule has 2 fully saturated rings. The Kier molecular flexibility index (Phi) is 4.47. The zero-order valence-electron chi connectivity index (χ0n) is 12.9. The topological polar surface area (TPSA) is 75.9 Å². The summed E-state index contributed by atoms with van der Waals surface area (Å²) in [5.41, 5.74) is 5.90. The molecule has 0 radical (unpaired) electrons. The number of hydrogen-bond acceptors (Lipinski definition) is 4. The van der Waals surface area contributed by atoms with Crippen LogP contribution in [0, 0.1) is 5.41 Å². The summed E-state index contributed by atoms with van der Waals surface area (Å²) in [4.78, 5) is 0. The van der Waals surface area contributed by atoms with Gasteiger partial charge in [0.1, 0.15) is 0 Å².